The van der Waals surface area contributed by atoms with Gasteiger partial charge in [0.1, 0.15) is 23.0 Å². The maximum Gasteiger partial charge on any atom is 0.185 e. The van der Waals surface area contributed by atoms with E-state index >= 15 is 0 Å². The van der Waals surface area contributed by atoms with E-state index in [1.165, 1.54) is 19.2 Å². The second-order valence-corrected chi connectivity index (χ2v) is 6.00. The summed E-state index contributed by atoms with van der Waals surface area (Å²) >= 11 is 0. The van der Waals surface area contributed by atoms with Gasteiger partial charge in [-0.05, 0) is 36.4 Å². The van der Waals surface area contributed by atoms with Crippen LogP contribution in [-0.4, -0.2) is 15.5 Å². The third kappa shape index (κ3) is 3.15. The van der Waals surface area contributed by atoms with Gasteiger partial charge in [-0.3, -0.25) is 0 Å². The molecule has 2 rings (SSSR count). The largest absolute Gasteiger partial charge is 0.497 e. The Bertz CT molecular complexity index is 644. The van der Waals surface area contributed by atoms with Crippen LogP contribution < -0.4 is 10.5 Å². The molecule has 0 radical (unpaired) electrons. The number of benzene rings is 1. The van der Waals surface area contributed by atoms with Gasteiger partial charge in [0.25, 0.3) is 0 Å². The molecule has 0 saturated heterocycles. The van der Waals surface area contributed by atoms with E-state index in [9.17, 15) is 8.42 Å². The molecular formula is C13H15NO4S. The molecule has 2 aromatic rings. The fourth-order valence-corrected chi connectivity index (χ4v) is 2.91. The molecular weight excluding hydrogens is 266 g/mol. The second-order valence-electron chi connectivity index (χ2n) is 4.01. The Morgan fingerprint density at radius 3 is 2.26 bits per heavy atom. The molecule has 6 heteroatoms. The van der Waals surface area contributed by atoms with E-state index < -0.39 is 9.84 Å². The quantitative estimate of drug-likeness (QED) is 0.902. The standard InChI is InChI=1S/C13H15NO4S/c1-17-10-4-6-13(7-5-10)19(15,16)9-12-3-2-11(8-14)18-12/h2-7H,8-9,14H2,1H3. The highest BCUT2D eigenvalue weighted by molar-refractivity contribution is 7.90. The van der Waals surface area contributed by atoms with Crippen LogP contribution in [0, 0.1) is 0 Å². The molecule has 0 amide bonds. The number of rotatable bonds is 5. The third-order valence-electron chi connectivity index (χ3n) is 2.67. The summed E-state index contributed by atoms with van der Waals surface area (Å²) in [4.78, 5) is 0.235. The Labute approximate surface area is 111 Å². The predicted octanol–water partition coefficient (Wildman–Crippen LogP) is 1.72. The minimum atomic E-state index is -3.42. The Hall–Kier alpha value is -1.79. The lowest BCUT2D eigenvalue weighted by Gasteiger charge is -2.04. The minimum absolute atomic E-state index is 0.181. The molecule has 0 aliphatic heterocycles. The van der Waals surface area contributed by atoms with Crippen LogP contribution in [0.1, 0.15) is 11.5 Å². The van der Waals surface area contributed by atoms with Crippen molar-refractivity contribution in [2.75, 3.05) is 7.11 Å². The van der Waals surface area contributed by atoms with Gasteiger partial charge in [0.05, 0.1) is 18.6 Å². The van der Waals surface area contributed by atoms with Crippen molar-refractivity contribution >= 4 is 9.84 Å². The topological polar surface area (TPSA) is 82.5 Å². The Morgan fingerprint density at radius 2 is 1.74 bits per heavy atom. The van der Waals surface area contributed by atoms with E-state index in [2.05, 4.69) is 0 Å². The maximum absolute atomic E-state index is 12.2. The summed E-state index contributed by atoms with van der Waals surface area (Å²) in [6.45, 7) is 0.253. The molecule has 0 spiro atoms. The zero-order valence-electron chi connectivity index (χ0n) is 10.5. The average molecular weight is 281 g/mol. The van der Waals surface area contributed by atoms with E-state index in [0.717, 1.165) is 0 Å². The van der Waals surface area contributed by atoms with Crippen LogP contribution in [0.15, 0.2) is 45.7 Å². The van der Waals surface area contributed by atoms with Gasteiger partial charge in [0.2, 0.25) is 0 Å². The van der Waals surface area contributed by atoms with Crippen molar-refractivity contribution in [1.29, 1.82) is 0 Å². The van der Waals surface area contributed by atoms with Gasteiger partial charge in [0, 0.05) is 0 Å². The molecule has 5 nitrogen and oxygen atoms in total. The number of hydrogen-bond donors (Lipinski definition) is 1. The van der Waals surface area contributed by atoms with Gasteiger partial charge in [-0.2, -0.15) is 0 Å². The van der Waals surface area contributed by atoms with Crippen LogP contribution in [0.5, 0.6) is 5.75 Å². The van der Waals surface area contributed by atoms with Gasteiger partial charge < -0.3 is 14.9 Å². The van der Waals surface area contributed by atoms with Crippen molar-refractivity contribution < 1.29 is 17.6 Å². The lowest BCUT2D eigenvalue weighted by atomic mass is 10.3. The summed E-state index contributed by atoms with van der Waals surface area (Å²) in [5.41, 5.74) is 5.41. The highest BCUT2D eigenvalue weighted by atomic mass is 32.2. The molecule has 0 bridgehead atoms. The van der Waals surface area contributed by atoms with E-state index in [4.69, 9.17) is 14.9 Å². The van der Waals surface area contributed by atoms with Crippen LogP contribution in [0.2, 0.25) is 0 Å². The summed E-state index contributed by atoms with van der Waals surface area (Å²) < 4.78 is 34.6. The highest BCUT2D eigenvalue weighted by Crippen LogP contribution is 2.20. The van der Waals surface area contributed by atoms with Crippen LogP contribution in [0.25, 0.3) is 0 Å². The lowest BCUT2D eigenvalue weighted by molar-refractivity contribution is 0.414. The molecule has 0 aliphatic carbocycles. The number of hydrogen-bond acceptors (Lipinski definition) is 5. The molecule has 1 aromatic heterocycles. The van der Waals surface area contributed by atoms with E-state index in [0.29, 0.717) is 17.3 Å². The zero-order valence-corrected chi connectivity index (χ0v) is 11.3. The van der Waals surface area contributed by atoms with Crippen LogP contribution >= 0.6 is 0 Å². The number of furan rings is 1. The molecule has 1 heterocycles. The first-order valence-corrected chi connectivity index (χ1v) is 7.35. The predicted molar refractivity (Wildman–Crippen MR) is 70.5 cm³/mol. The number of methoxy groups -OCH3 is 1. The van der Waals surface area contributed by atoms with Crippen LogP contribution in [0.4, 0.5) is 0 Å². The first kappa shape index (κ1) is 13.6. The second kappa shape index (κ2) is 5.46. The van der Waals surface area contributed by atoms with Gasteiger partial charge in [0.15, 0.2) is 9.84 Å². The summed E-state index contributed by atoms with van der Waals surface area (Å²) in [6, 6.07) is 9.56. The van der Waals surface area contributed by atoms with Crippen molar-refractivity contribution in [3.8, 4) is 5.75 Å². The van der Waals surface area contributed by atoms with Gasteiger partial charge in [-0.15, -0.1) is 0 Å². The first-order chi connectivity index (χ1) is 9.05. The molecule has 0 atom stereocenters. The fraction of sp³-hybridized carbons (Fsp3) is 0.231. The van der Waals surface area contributed by atoms with E-state index in [1.807, 2.05) is 0 Å². The third-order valence-corrected chi connectivity index (χ3v) is 4.32. The van der Waals surface area contributed by atoms with E-state index in [-0.39, 0.29) is 17.2 Å². The number of nitrogens with two attached hydrogens (primary N) is 1. The maximum atomic E-state index is 12.2. The van der Waals surface area contributed by atoms with Crippen LogP contribution in [0.3, 0.4) is 0 Å². The Kier molecular flexibility index (Phi) is 3.92. The Morgan fingerprint density at radius 1 is 1.11 bits per heavy atom. The van der Waals surface area contributed by atoms with Crippen molar-refractivity contribution in [2.24, 2.45) is 5.73 Å². The fourth-order valence-electron chi connectivity index (χ4n) is 1.66. The zero-order chi connectivity index (χ0) is 13.9. The van der Waals surface area contributed by atoms with Crippen molar-refractivity contribution in [2.45, 2.75) is 17.2 Å². The average Bonchev–Trinajstić information content (AvgIpc) is 2.85. The van der Waals surface area contributed by atoms with Crippen molar-refractivity contribution in [1.82, 2.24) is 0 Å². The number of sulfone groups is 1. The molecule has 1 aromatic carbocycles. The molecule has 0 saturated carbocycles. The molecule has 2 N–H and O–H groups in total. The summed E-state index contributed by atoms with van der Waals surface area (Å²) in [5, 5.41) is 0. The highest BCUT2D eigenvalue weighted by Gasteiger charge is 2.17. The number of ether oxygens (including phenoxy) is 1. The van der Waals surface area contributed by atoms with Gasteiger partial charge >= 0.3 is 0 Å². The first-order valence-electron chi connectivity index (χ1n) is 5.69. The monoisotopic (exact) mass is 281 g/mol. The van der Waals surface area contributed by atoms with E-state index in [1.54, 1.807) is 24.3 Å². The smallest absolute Gasteiger partial charge is 0.185 e. The SMILES string of the molecule is COc1ccc(S(=O)(=O)Cc2ccc(CN)o2)cc1. The molecule has 19 heavy (non-hydrogen) atoms. The van der Waals surface area contributed by atoms with Gasteiger partial charge in [-0.25, -0.2) is 8.42 Å². The van der Waals surface area contributed by atoms with Gasteiger partial charge in [-0.1, -0.05) is 0 Å². The molecule has 0 fully saturated rings. The Balaban J connectivity index is 2.21. The summed E-state index contributed by atoms with van der Waals surface area (Å²) in [6.07, 6.45) is 0. The molecule has 0 aliphatic rings. The molecule has 0 unspecified atom stereocenters. The normalized spacial score (nSPS) is 11.5. The molecule has 102 valence electrons. The van der Waals surface area contributed by atoms with Crippen LogP contribution in [-0.2, 0) is 22.1 Å². The van der Waals surface area contributed by atoms with Crippen molar-refractivity contribution in [3.05, 3.63) is 47.9 Å². The van der Waals surface area contributed by atoms with Crippen molar-refractivity contribution in [3.63, 3.8) is 0 Å². The summed E-state index contributed by atoms with van der Waals surface area (Å²) in [7, 11) is -1.89. The summed E-state index contributed by atoms with van der Waals surface area (Å²) in [5.74, 6) is 1.39. The minimum Gasteiger partial charge on any atom is -0.497 e. The lowest BCUT2D eigenvalue weighted by Crippen LogP contribution is -2.04.